The van der Waals surface area contributed by atoms with Crippen LogP contribution >= 0.6 is 0 Å². The molecule has 0 spiro atoms. The number of carbonyl (C=O) groups excluding carboxylic acids is 1. The van der Waals surface area contributed by atoms with Gasteiger partial charge in [-0.15, -0.1) is 0 Å². The summed E-state index contributed by atoms with van der Waals surface area (Å²) in [6.07, 6.45) is 7.74. The number of benzene rings is 1. The zero-order valence-corrected chi connectivity index (χ0v) is 13.7. The minimum atomic E-state index is -0.390. The van der Waals surface area contributed by atoms with Crippen molar-refractivity contribution in [2.24, 2.45) is 5.73 Å². The van der Waals surface area contributed by atoms with Gasteiger partial charge in [0, 0.05) is 28.7 Å². The summed E-state index contributed by atoms with van der Waals surface area (Å²) in [5.74, 6) is -0.390. The molecule has 1 heterocycles. The van der Waals surface area contributed by atoms with Crippen molar-refractivity contribution in [3.8, 4) is 11.3 Å². The van der Waals surface area contributed by atoms with Crippen LogP contribution in [0.2, 0.25) is 0 Å². The number of H-pyrrole nitrogens is 1. The van der Waals surface area contributed by atoms with E-state index in [1.165, 1.54) is 38.5 Å². The lowest BCUT2D eigenvalue weighted by Crippen LogP contribution is -2.18. The van der Waals surface area contributed by atoms with Gasteiger partial charge < -0.3 is 16.0 Å². The van der Waals surface area contributed by atoms with Crippen molar-refractivity contribution in [1.82, 2.24) is 4.98 Å². The molecule has 0 saturated heterocycles. The van der Waals surface area contributed by atoms with E-state index in [-0.39, 0.29) is 5.91 Å². The summed E-state index contributed by atoms with van der Waals surface area (Å²) in [6.45, 7) is 1.88. The molecule has 4 nitrogen and oxygen atoms in total. The number of nitrogens with one attached hydrogen (secondary N) is 2. The Hall–Kier alpha value is -2.23. The lowest BCUT2D eigenvalue weighted by molar-refractivity contribution is 0.1000. The molecule has 1 aliphatic rings. The predicted molar refractivity (Wildman–Crippen MR) is 94.6 cm³/mol. The third-order valence-corrected chi connectivity index (χ3v) is 4.71. The van der Waals surface area contributed by atoms with Crippen LogP contribution in [0, 0.1) is 6.92 Å². The number of amides is 1. The van der Waals surface area contributed by atoms with E-state index in [4.69, 9.17) is 5.73 Å². The van der Waals surface area contributed by atoms with Crippen molar-refractivity contribution in [1.29, 1.82) is 0 Å². The molecule has 4 N–H and O–H groups in total. The van der Waals surface area contributed by atoms with Crippen LogP contribution in [0.25, 0.3) is 11.3 Å². The van der Waals surface area contributed by atoms with Crippen LogP contribution in [0.15, 0.2) is 30.3 Å². The first-order valence-corrected chi connectivity index (χ1v) is 8.50. The number of hydrogen-bond acceptors (Lipinski definition) is 2. The fourth-order valence-corrected chi connectivity index (χ4v) is 3.45. The van der Waals surface area contributed by atoms with Crippen LogP contribution in [-0.2, 0) is 0 Å². The average Bonchev–Trinajstić information content (AvgIpc) is 2.75. The second-order valence-electron chi connectivity index (χ2n) is 6.46. The number of nitrogens with two attached hydrogens (primary N) is 1. The maximum absolute atomic E-state index is 11.5. The van der Waals surface area contributed by atoms with Gasteiger partial charge in [-0.1, -0.05) is 43.9 Å². The Bertz CT molecular complexity index is 682. The van der Waals surface area contributed by atoms with Gasteiger partial charge in [0.2, 0.25) is 0 Å². The van der Waals surface area contributed by atoms with Crippen LogP contribution < -0.4 is 11.1 Å². The second kappa shape index (κ2) is 6.90. The molecular formula is C19H25N3O. The second-order valence-corrected chi connectivity index (χ2v) is 6.46. The highest BCUT2D eigenvalue weighted by atomic mass is 16.1. The predicted octanol–water partition coefficient (Wildman–Crippen LogP) is 4.22. The van der Waals surface area contributed by atoms with Crippen molar-refractivity contribution in [2.45, 2.75) is 51.5 Å². The third-order valence-electron chi connectivity index (χ3n) is 4.71. The minimum absolute atomic E-state index is 0.390. The van der Waals surface area contributed by atoms with Crippen LogP contribution in [-0.4, -0.2) is 16.9 Å². The molecule has 1 aromatic heterocycles. The molecule has 23 heavy (non-hydrogen) atoms. The Kier molecular flexibility index (Phi) is 4.70. The summed E-state index contributed by atoms with van der Waals surface area (Å²) in [7, 11) is 0. The number of hydrogen-bond donors (Lipinski definition) is 3. The van der Waals surface area contributed by atoms with Gasteiger partial charge >= 0.3 is 0 Å². The van der Waals surface area contributed by atoms with E-state index >= 15 is 0 Å². The molecule has 2 aromatic rings. The van der Waals surface area contributed by atoms with E-state index < -0.39 is 0 Å². The first kappa shape index (κ1) is 15.7. The Balaban J connectivity index is 1.88. The average molecular weight is 311 g/mol. The highest BCUT2D eigenvalue weighted by Crippen LogP contribution is 2.31. The van der Waals surface area contributed by atoms with E-state index in [0.717, 1.165) is 22.6 Å². The molecule has 1 fully saturated rings. The van der Waals surface area contributed by atoms with Crippen molar-refractivity contribution in [3.63, 3.8) is 0 Å². The van der Waals surface area contributed by atoms with E-state index in [0.29, 0.717) is 11.6 Å². The van der Waals surface area contributed by atoms with Crippen LogP contribution in [0.3, 0.4) is 0 Å². The molecule has 0 bridgehead atoms. The van der Waals surface area contributed by atoms with Gasteiger partial charge in [0.1, 0.15) is 0 Å². The lowest BCUT2D eigenvalue weighted by atomic mass is 10.1. The molecule has 122 valence electrons. The fraction of sp³-hybridized carbons (Fsp3) is 0.421. The third kappa shape index (κ3) is 3.58. The Labute approximate surface area is 137 Å². The quantitative estimate of drug-likeness (QED) is 0.740. The minimum Gasteiger partial charge on any atom is -0.382 e. The number of primary amides is 1. The van der Waals surface area contributed by atoms with Gasteiger partial charge in [-0.2, -0.15) is 0 Å². The highest BCUT2D eigenvalue weighted by Gasteiger charge is 2.16. The molecule has 1 amide bonds. The summed E-state index contributed by atoms with van der Waals surface area (Å²) in [5, 5.41) is 3.71. The van der Waals surface area contributed by atoms with Crippen molar-refractivity contribution in [2.75, 3.05) is 5.32 Å². The molecule has 1 saturated carbocycles. The van der Waals surface area contributed by atoms with Crippen molar-refractivity contribution in [3.05, 3.63) is 41.6 Å². The van der Waals surface area contributed by atoms with E-state index in [2.05, 4.69) is 22.4 Å². The molecule has 0 aliphatic heterocycles. The van der Waals surface area contributed by atoms with E-state index in [9.17, 15) is 4.79 Å². The first-order valence-electron chi connectivity index (χ1n) is 8.50. The number of anilines is 1. The molecular weight excluding hydrogens is 286 g/mol. The van der Waals surface area contributed by atoms with Crippen molar-refractivity contribution < 1.29 is 4.79 Å². The number of aromatic amines is 1. The Morgan fingerprint density at radius 1 is 1.17 bits per heavy atom. The van der Waals surface area contributed by atoms with E-state index in [1.54, 1.807) is 0 Å². The molecule has 1 aliphatic carbocycles. The summed E-state index contributed by atoms with van der Waals surface area (Å²) in [5.41, 5.74) is 9.96. The van der Waals surface area contributed by atoms with Gasteiger partial charge in [0.25, 0.3) is 5.91 Å². The molecule has 1 aromatic carbocycles. The van der Waals surface area contributed by atoms with Crippen LogP contribution in [0.4, 0.5) is 5.69 Å². The van der Waals surface area contributed by atoms with Gasteiger partial charge in [0.05, 0.1) is 5.56 Å². The fourth-order valence-electron chi connectivity index (χ4n) is 3.45. The molecule has 3 rings (SSSR count). The van der Waals surface area contributed by atoms with Crippen LogP contribution in [0.5, 0.6) is 0 Å². The number of aryl methyl sites for hydroxylation is 1. The van der Waals surface area contributed by atoms with Gasteiger partial charge in [-0.05, 0) is 31.9 Å². The number of para-hydroxylation sites is 1. The molecule has 0 atom stereocenters. The lowest BCUT2D eigenvalue weighted by Gasteiger charge is -2.20. The van der Waals surface area contributed by atoms with Crippen molar-refractivity contribution >= 4 is 11.6 Å². The summed E-state index contributed by atoms with van der Waals surface area (Å²) in [4.78, 5) is 14.8. The van der Waals surface area contributed by atoms with Gasteiger partial charge in [-0.25, -0.2) is 0 Å². The highest BCUT2D eigenvalue weighted by molar-refractivity contribution is 5.96. The topological polar surface area (TPSA) is 70.9 Å². The Morgan fingerprint density at radius 2 is 1.87 bits per heavy atom. The summed E-state index contributed by atoms with van der Waals surface area (Å²) in [6, 6.07) is 10.6. The Morgan fingerprint density at radius 3 is 2.52 bits per heavy atom. The zero-order chi connectivity index (χ0) is 16.2. The number of aromatic nitrogens is 1. The first-order chi connectivity index (χ1) is 11.1. The zero-order valence-electron chi connectivity index (χ0n) is 13.7. The monoisotopic (exact) mass is 311 g/mol. The normalized spacial score (nSPS) is 16.0. The molecule has 4 heteroatoms. The van der Waals surface area contributed by atoms with E-state index in [1.807, 2.05) is 25.1 Å². The SMILES string of the molecule is Cc1[nH]c(-c2ccccc2NC2CCCCCC2)cc1C(N)=O. The molecule has 0 radical (unpaired) electrons. The smallest absolute Gasteiger partial charge is 0.250 e. The van der Waals surface area contributed by atoms with Gasteiger partial charge in [-0.3, -0.25) is 4.79 Å². The van der Waals surface area contributed by atoms with Gasteiger partial charge in [0.15, 0.2) is 0 Å². The number of rotatable bonds is 4. The largest absolute Gasteiger partial charge is 0.382 e. The summed E-state index contributed by atoms with van der Waals surface area (Å²) < 4.78 is 0. The summed E-state index contributed by atoms with van der Waals surface area (Å²) >= 11 is 0. The maximum Gasteiger partial charge on any atom is 0.250 e. The molecule has 0 unspecified atom stereocenters. The number of carbonyl (C=O) groups is 1. The van der Waals surface area contributed by atoms with Crippen LogP contribution in [0.1, 0.15) is 54.6 Å². The standard InChI is InChI=1S/C19H25N3O/c1-13-16(19(20)23)12-18(21-13)15-10-6-7-11-17(15)22-14-8-4-2-3-5-9-14/h6-7,10-12,14,21-22H,2-5,8-9H2,1H3,(H2,20,23). The maximum atomic E-state index is 11.5.